The molecule has 2 rings (SSSR count). The van der Waals surface area contributed by atoms with Crippen molar-refractivity contribution in [2.24, 2.45) is 11.7 Å². The molecule has 0 aromatic heterocycles. The predicted octanol–water partition coefficient (Wildman–Crippen LogP) is 2.74. The predicted molar refractivity (Wildman–Crippen MR) is 95.4 cm³/mol. The summed E-state index contributed by atoms with van der Waals surface area (Å²) in [5.41, 5.74) is 7.72. The summed E-state index contributed by atoms with van der Waals surface area (Å²) in [4.78, 5) is 11.7. The second-order valence-electron chi connectivity index (χ2n) is 6.10. The van der Waals surface area contributed by atoms with Crippen molar-refractivity contribution in [2.75, 3.05) is 25.0 Å². The number of piperidine rings is 1. The number of unbranched alkanes of at least 4 members (excludes halogenated alkanes) is 2. The van der Waals surface area contributed by atoms with E-state index in [1.54, 1.807) is 6.07 Å². The van der Waals surface area contributed by atoms with Gasteiger partial charge in [0.15, 0.2) is 0 Å². The van der Waals surface area contributed by atoms with Gasteiger partial charge in [-0.2, -0.15) is 0 Å². The van der Waals surface area contributed by atoms with Crippen molar-refractivity contribution in [3.05, 3.63) is 29.3 Å². The molecule has 1 aromatic rings. The van der Waals surface area contributed by atoms with E-state index in [-0.39, 0.29) is 0 Å². The van der Waals surface area contributed by atoms with Gasteiger partial charge in [-0.05, 0) is 56.5 Å². The summed E-state index contributed by atoms with van der Waals surface area (Å²) in [6.07, 6.45) is 5.46. The highest BCUT2D eigenvalue weighted by atomic mass is 16.1. The van der Waals surface area contributed by atoms with Gasteiger partial charge < -0.3 is 16.4 Å². The molecule has 0 bridgehead atoms. The lowest BCUT2D eigenvalue weighted by Gasteiger charge is -2.23. The van der Waals surface area contributed by atoms with Crippen molar-refractivity contribution in [3.63, 3.8) is 0 Å². The van der Waals surface area contributed by atoms with Gasteiger partial charge in [0.05, 0.1) is 5.56 Å². The molecule has 23 heavy (non-hydrogen) atoms. The Morgan fingerprint density at radius 3 is 2.87 bits per heavy atom. The zero-order valence-corrected chi connectivity index (χ0v) is 14.0. The van der Waals surface area contributed by atoms with Crippen LogP contribution in [-0.4, -0.2) is 25.5 Å². The van der Waals surface area contributed by atoms with Crippen LogP contribution in [0.15, 0.2) is 18.2 Å². The van der Waals surface area contributed by atoms with E-state index >= 15 is 0 Å². The molecule has 124 valence electrons. The number of nitrogens with one attached hydrogen (secondary N) is 2. The molecule has 4 nitrogen and oxygen atoms in total. The highest BCUT2D eigenvalue weighted by Gasteiger charge is 2.14. The fourth-order valence-electron chi connectivity index (χ4n) is 2.75. The Kier molecular flexibility index (Phi) is 6.96. The smallest absolute Gasteiger partial charge is 0.250 e. The van der Waals surface area contributed by atoms with Crippen molar-refractivity contribution in [1.29, 1.82) is 0 Å². The van der Waals surface area contributed by atoms with Crippen LogP contribution < -0.4 is 16.4 Å². The van der Waals surface area contributed by atoms with Gasteiger partial charge in [0.25, 0.3) is 5.91 Å². The molecule has 0 aliphatic carbocycles. The van der Waals surface area contributed by atoms with E-state index in [1.807, 2.05) is 12.1 Å². The van der Waals surface area contributed by atoms with Crippen molar-refractivity contribution in [3.8, 4) is 11.8 Å². The Morgan fingerprint density at radius 1 is 1.39 bits per heavy atom. The topological polar surface area (TPSA) is 67.2 Å². The first kappa shape index (κ1) is 17.4. The number of nitrogens with two attached hydrogens (primary N) is 1. The summed E-state index contributed by atoms with van der Waals surface area (Å²) in [5.74, 6) is 6.49. The lowest BCUT2D eigenvalue weighted by atomic mass is 9.98. The number of rotatable bonds is 6. The molecule has 0 saturated carbocycles. The molecule has 1 saturated heterocycles. The largest absolute Gasteiger partial charge is 0.384 e. The second kappa shape index (κ2) is 9.22. The van der Waals surface area contributed by atoms with Gasteiger partial charge in [0.1, 0.15) is 0 Å². The molecule has 0 radical (unpaired) electrons. The normalized spacial score (nSPS) is 14.8. The SMILES string of the molecule is CCCCC#Cc1ccc(NCC2CCNCC2)c(C(N)=O)c1. The van der Waals surface area contributed by atoms with Crippen LogP contribution in [0.5, 0.6) is 0 Å². The van der Waals surface area contributed by atoms with Crippen LogP contribution in [0.4, 0.5) is 5.69 Å². The molecule has 1 aliphatic heterocycles. The molecule has 0 spiro atoms. The molecule has 0 atom stereocenters. The Labute approximate surface area is 139 Å². The molecule has 0 unspecified atom stereocenters. The molecule has 1 aliphatic rings. The quantitative estimate of drug-likeness (QED) is 0.559. The Morgan fingerprint density at radius 2 is 2.17 bits per heavy atom. The number of benzene rings is 1. The van der Waals surface area contributed by atoms with Crippen molar-refractivity contribution in [1.82, 2.24) is 5.32 Å². The minimum atomic E-state index is -0.407. The maximum absolute atomic E-state index is 11.7. The highest BCUT2D eigenvalue weighted by molar-refractivity contribution is 5.98. The highest BCUT2D eigenvalue weighted by Crippen LogP contribution is 2.19. The number of carbonyl (C=O) groups excluding carboxylic acids is 1. The molecular weight excluding hydrogens is 286 g/mol. The van der Waals surface area contributed by atoms with Gasteiger partial charge in [-0.3, -0.25) is 4.79 Å². The van der Waals surface area contributed by atoms with Gasteiger partial charge in [0.2, 0.25) is 0 Å². The lowest BCUT2D eigenvalue weighted by Crippen LogP contribution is -2.31. The van der Waals surface area contributed by atoms with Crippen molar-refractivity contribution in [2.45, 2.75) is 39.0 Å². The Balaban J connectivity index is 2.03. The van der Waals surface area contributed by atoms with E-state index in [4.69, 9.17) is 5.73 Å². The number of amides is 1. The average Bonchev–Trinajstić information content (AvgIpc) is 2.58. The standard InChI is InChI=1S/C19H27N3O/c1-2-3-4-5-6-15-7-8-18(17(13-15)19(20)23)22-14-16-9-11-21-12-10-16/h7-8,13,16,21-22H,2-4,9-12,14H2,1H3,(H2,20,23). The van der Waals surface area contributed by atoms with Crippen LogP contribution in [0.1, 0.15) is 54.9 Å². The van der Waals surface area contributed by atoms with E-state index in [9.17, 15) is 4.79 Å². The minimum Gasteiger partial charge on any atom is -0.384 e. The summed E-state index contributed by atoms with van der Waals surface area (Å²) in [6, 6.07) is 5.67. The van der Waals surface area contributed by atoms with Gasteiger partial charge in [0, 0.05) is 24.2 Å². The van der Waals surface area contributed by atoms with Crippen LogP contribution in [-0.2, 0) is 0 Å². The van der Waals surface area contributed by atoms with E-state index in [0.717, 1.165) is 50.1 Å². The van der Waals surface area contributed by atoms with E-state index in [1.165, 1.54) is 12.8 Å². The third-order valence-corrected chi connectivity index (χ3v) is 4.21. The summed E-state index contributed by atoms with van der Waals surface area (Å²) in [5, 5.41) is 6.75. The zero-order chi connectivity index (χ0) is 16.5. The Bertz CT molecular complexity index is 580. The number of hydrogen-bond acceptors (Lipinski definition) is 3. The minimum absolute atomic E-state index is 0.407. The lowest BCUT2D eigenvalue weighted by molar-refractivity contribution is 0.100. The number of carbonyl (C=O) groups is 1. The maximum Gasteiger partial charge on any atom is 0.250 e. The first-order valence-corrected chi connectivity index (χ1v) is 8.58. The van der Waals surface area contributed by atoms with Gasteiger partial charge >= 0.3 is 0 Å². The first-order valence-electron chi connectivity index (χ1n) is 8.58. The summed E-state index contributed by atoms with van der Waals surface area (Å²) in [7, 11) is 0. The van der Waals surface area contributed by atoms with Crippen molar-refractivity contribution >= 4 is 11.6 Å². The second-order valence-corrected chi connectivity index (χ2v) is 6.10. The molecule has 1 heterocycles. The van der Waals surface area contributed by atoms with Crippen LogP contribution >= 0.6 is 0 Å². The number of anilines is 1. The monoisotopic (exact) mass is 313 g/mol. The van der Waals surface area contributed by atoms with Crippen LogP contribution in [0, 0.1) is 17.8 Å². The average molecular weight is 313 g/mol. The van der Waals surface area contributed by atoms with Gasteiger partial charge in [-0.15, -0.1) is 0 Å². The van der Waals surface area contributed by atoms with E-state index < -0.39 is 5.91 Å². The maximum atomic E-state index is 11.7. The van der Waals surface area contributed by atoms with Gasteiger partial charge in [-0.25, -0.2) is 0 Å². The van der Waals surface area contributed by atoms with E-state index in [2.05, 4.69) is 29.4 Å². The van der Waals surface area contributed by atoms with Gasteiger partial charge in [-0.1, -0.05) is 25.2 Å². The van der Waals surface area contributed by atoms with Crippen LogP contribution in [0.25, 0.3) is 0 Å². The van der Waals surface area contributed by atoms with Crippen molar-refractivity contribution < 1.29 is 4.79 Å². The fraction of sp³-hybridized carbons (Fsp3) is 0.526. The summed E-state index contributed by atoms with van der Waals surface area (Å²) >= 11 is 0. The first-order chi connectivity index (χ1) is 11.2. The molecular formula is C19H27N3O. The van der Waals surface area contributed by atoms with Crippen LogP contribution in [0.2, 0.25) is 0 Å². The third-order valence-electron chi connectivity index (χ3n) is 4.21. The Hall–Kier alpha value is -1.99. The molecule has 1 fully saturated rings. The molecule has 1 aromatic carbocycles. The third kappa shape index (κ3) is 5.61. The molecule has 1 amide bonds. The van der Waals surface area contributed by atoms with E-state index in [0.29, 0.717) is 11.5 Å². The molecule has 4 N–H and O–H groups in total. The number of primary amides is 1. The molecule has 4 heteroatoms. The van der Waals surface area contributed by atoms with Crippen LogP contribution in [0.3, 0.4) is 0 Å². The fourth-order valence-corrected chi connectivity index (χ4v) is 2.75. The number of hydrogen-bond donors (Lipinski definition) is 3. The zero-order valence-electron chi connectivity index (χ0n) is 14.0. The summed E-state index contributed by atoms with van der Waals surface area (Å²) in [6.45, 7) is 5.17. The summed E-state index contributed by atoms with van der Waals surface area (Å²) < 4.78 is 0.